The number of nitro benzene ring substituents is 1. The Morgan fingerprint density at radius 2 is 2.05 bits per heavy atom. The smallest absolute Gasteiger partial charge is 0.275 e. The van der Waals surface area contributed by atoms with Gasteiger partial charge in [-0.25, -0.2) is 0 Å². The van der Waals surface area contributed by atoms with Crippen LogP contribution in [0.15, 0.2) is 18.2 Å². The van der Waals surface area contributed by atoms with Gasteiger partial charge in [-0.2, -0.15) is 0 Å². The number of aliphatic hydroxyl groups is 2. The van der Waals surface area contributed by atoms with Crippen LogP contribution in [0.5, 0.6) is 0 Å². The average molecular weight is 268 g/mol. The number of anilines is 1. The highest BCUT2D eigenvalue weighted by molar-refractivity contribution is 5.55. The molecule has 106 valence electrons. The molecule has 0 fully saturated rings. The minimum Gasteiger partial charge on any atom is -0.391 e. The second kappa shape index (κ2) is 5.99. The number of benzene rings is 1. The van der Waals surface area contributed by atoms with E-state index in [1.54, 1.807) is 26.0 Å². The maximum atomic E-state index is 10.8. The van der Waals surface area contributed by atoms with Crippen molar-refractivity contribution in [2.24, 2.45) is 0 Å². The Balaban J connectivity index is 3.09. The molecule has 0 saturated carbocycles. The third kappa shape index (κ3) is 4.18. The number of likely N-dealkylation sites (N-methyl/N-ethyl adjacent to an activating group) is 1. The van der Waals surface area contributed by atoms with Gasteiger partial charge < -0.3 is 15.1 Å². The molecule has 0 radical (unpaired) electrons. The van der Waals surface area contributed by atoms with Crippen LogP contribution in [0.2, 0.25) is 0 Å². The van der Waals surface area contributed by atoms with E-state index < -0.39 is 10.5 Å². The predicted octanol–water partition coefficient (Wildman–Crippen LogP) is 1.68. The SMILES string of the molecule is CCN(CC(C)(C)O)c1ccc([N+](=O)[O-])c(CO)c1. The lowest BCUT2D eigenvalue weighted by Gasteiger charge is -2.30. The van der Waals surface area contributed by atoms with Crippen molar-refractivity contribution in [3.05, 3.63) is 33.9 Å². The van der Waals surface area contributed by atoms with Crippen molar-refractivity contribution in [2.45, 2.75) is 33.0 Å². The van der Waals surface area contributed by atoms with Gasteiger partial charge in [0.1, 0.15) is 0 Å². The minimum absolute atomic E-state index is 0.0921. The lowest BCUT2D eigenvalue weighted by molar-refractivity contribution is -0.385. The lowest BCUT2D eigenvalue weighted by atomic mass is 10.1. The topological polar surface area (TPSA) is 86.8 Å². The van der Waals surface area contributed by atoms with Crippen LogP contribution in [-0.2, 0) is 6.61 Å². The van der Waals surface area contributed by atoms with E-state index in [1.165, 1.54) is 6.07 Å². The quantitative estimate of drug-likeness (QED) is 0.605. The molecule has 0 aliphatic rings. The van der Waals surface area contributed by atoms with E-state index >= 15 is 0 Å². The van der Waals surface area contributed by atoms with E-state index in [-0.39, 0.29) is 17.9 Å². The van der Waals surface area contributed by atoms with Crippen LogP contribution in [0, 0.1) is 10.1 Å². The summed E-state index contributed by atoms with van der Waals surface area (Å²) in [7, 11) is 0. The molecule has 19 heavy (non-hydrogen) atoms. The summed E-state index contributed by atoms with van der Waals surface area (Å²) in [5, 5.41) is 29.9. The van der Waals surface area contributed by atoms with Gasteiger partial charge in [0.05, 0.1) is 22.7 Å². The summed E-state index contributed by atoms with van der Waals surface area (Å²) in [4.78, 5) is 12.2. The number of rotatable bonds is 6. The van der Waals surface area contributed by atoms with Crippen LogP contribution in [0.25, 0.3) is 0 Å². The zero-order valence-corrected chi connectivity index (χ0v) is 11.5. The number of aliphatic hydroxyl groups excluding tert-OH is 1. The molecule has 1 aromatic rings. The Kier molecular flexibility index (Phi) is 4.85. The molecule has 0 aromatic heterocycles. The summed E-state index contributed by atoms with van der Waals surface area (Å²) < 4.78 is 0. The predicted molar refractivity (Wildman–Crippen MR) is 73.2 cm³/mol. The van der Waals surface area contributed by atoms with Crippen LogP contribution in [0.4, 0.5) is 11.4 Å². The van der Waals surface area contributed by atoms with Crippen molar-refractivity contribution in [3.8, 4) is 0 Å². The second-order valence-corrected chi connectivity index (χ2v) is 5.05. The maximum absolute atomic E-state index is 10.8. The van der Waals surface area contributed by atoms with Crippen LogP contribution in [-0.4, -0.2) is 33.8 Å². The molecule has 0 aliphatic carbocycles. The average Bonchev–Trinajstić information content (AvgIpc) is 2.33. The van der Waals surface area contributed by atoms with Crippen molar-refractivity contribution in [3.63, 3.8) is 0 Å². The minimum atomic E-state index is -0.864. The highest BCUT2D eigenvalue weighted by atomic mass is 16.6. The molecule has 0 unspecified atom stereocenters. The Morgan fingerprint density at radius 1 is 1.42 bits per heavy atom. The van der Waals surface area contributed by atoms with Gasteiger partial charge in [0.15, 0.2) is 0 Å². The van der Waals surface area contributed by atoms with E-state index in [2.05, 4.69) is 0 Å². The summed E-state index contributed by atoms with van der Waals surface area (Å²) in [6.45, 7) is 6.02. The molecule has 0 amide bonds. The summed E-state index contributed by atoms with van der Waals surface area (Å²) in [5.74, 6) is 0. The number of nitrogens with zero attached hydrogens (tertiary/aromatic N) is 2. The largest absolute Gasteiger partial charge is 0.391 e. The lowest BCUT2D eigenvalue weighted by Crippen LogP contribution is -2.38. The van der Waals surface area contributed by atoms with Crippen LogP contribution in [0.1, 0.15) is 26.3 Å². The van der Waals surface area contributed by atoms with Crippen molar-refractivity contribution in [2.75, 3.05) is 18.0 Å². The van der Waals surface area contributed by atoms with Gasteiger partial charge in [-0.15, -0.1) is 0 Å². The molecule has 0 aliphatic heterocycles. The van der Waals surface area contributed by atoms with Gasteiger partial charge in [0.25, 0.3) is 5.69 Å². The van der Waals surface area contributed by atoms with Crippen LogP contribution >= 0.6 is 0 Å². The van der Waals surface area contributed by atoms with Gasteiger partial charge in [-0.05, 0) is 32.9 Å². The van der Waals surface area contributed by atoms with Gasteiger partial charge in [0, 0.05) is 24.8 Å². The molecular weight excluding hydrogens is 248 g/mol. The molecule has 2 N–H and O–H groups in total. The molecule has 6 nitrogen and oxygen atoms in total. The fourth-order valence-corrected chi connectivity index (χ4v) is 1.93. The third-order valence-corrected chi connectivity index (χ3v) is 2.75. The molecule has 0 heterocycles. The molecule has 1 rings (SSSR count). The highest BCUT2D eigenvalue weighted by Crippen LogP contribution is 2.26. The van der Waals surface area contributed by atoms with Gasteiger partial charge >= 0.3 is 0 Å². The van der Waals surface area contributed by atoms with E-state index in [0.29, 0.717) is 13.1 Å². The Bertz CT molecular complexity index is 454. The van der Waals surface area contributed by atoms with Crippen molar-refractivity contribution in [1.82, 2.24) is 0 Å². The monoisotopic (exact) mass is 268 g/mol. The van der Waals surface area contributed by atoms with Crippen LogP contribution in [0.3, 0.4) is 0 Å². The maximum Gasteiger partial charge on any atom is 0.275 e. The molecule has 0 saturated heterocycles. The molecule has 0 bridgehead atoms. The Hall–Kier alpha value is -1.66. The van der Waals surface area contributed by atoms with Gasteiger partial charge in [-0.1, -0.05) is 0 Å². The van der Waals surface area contributed by atoms with E-state index in [4.69, 9.17) is 0 Å². The third-order valence-electron chi connectivity index (χ3n) is 2.75. The first-order valence-electron chi connectivity index (χ1n) is 6.14. The Labute approximate surface area is 112 Å². The summed E-state index contributed by atoms with van der Waals surface area (Å²) in [6.07, 6.45) is 0. The molecule has 0 atom stereocenters. The summed E-state index contributed by atoms with van der Waals surface area (Å²) in [5.41, 5.74) is 0.0680. The van der Waals surface area contributed by atoms with E-state index in [9.17, 15) is 20.3 Å². The van der Waals surface area contributed by atoms with Gasteiger partial charge in [-0.3, -0.25) is 10.1 Å². The van der Waals surface area contributed by atoms with Crippen molar-refractivity contribution >= 4 is 11.4 Å². The van der Waals surface area contributed by atoms with Crippen molar-refractivity contribution in [1.29, 1.82) is 0 Å². The number of hydrogen-bond acceptors (Lipinski definition) is 5. The first-order valence-corrected chi connectivity index (χ1v) is 6.14. The number of nitro groups is 1. The standard InChI is InChI=1S/C13H20N2O4/c1-4-14(9-13(2,3)17)11-5-6-12(15(18)19)10(7-11)8-16/h5-7,16-17H,4,8-9H2,1-3H3. The van der Waals surface area contributed by atoms with Gasteiger partial charge in [0.2, 0.25) is 0 Å². The Morgan fingerprint density at radius 3 is 2.47 bits per heavy atom. The first-order chi connectivity index (χ1) is 8.78. The van der Waals surface area contributed by atoms with Crippen LogP contribution < -0.4 is 4.90 Å². The highest BCUT2D eigenvalue weighted by Gasteiger charge is 2.20. The second-order valence-electron chi connectivity index (χ2n) is 5.05. The van der Waals surface area contributed by atoms with E-state index in [0.717, 1.165) is 5.69 Å². The molecule has 0 spiro atoms. The summed E-state index contributed by atoms with van der Waals surface area (Å²) in [6, 6.07) is 4.60. The zero-order chi connectivity index (χ0) is 14.6. The molecular formula is C13H20N2O4. The zero-order valence-electron chi connectivity index (χ0n) is 11.5. The fraction of sp³-hybridized carbons (Fsp3) is 0.538. The normalized spacial score (nSPS) is 11.4. The van der Waals surface area contributed by atoms with Crippen molar-refractivity contribution < 1.29 is 15.1 Å². The van der Waals surface area contributed by atoms with E-state index in [1.807, 2.05) is 11.8 Å². The summed E-state index contributed by atoms with van der Waals surface area (Å²) >= 11 is 0. The molecule has 1 aromatic carbocycles. The first kappa shape index (κ1) is 15.4. The fourth-order valence-electron chi connectivity index (χ4n) is 1.93. The number of hydrogen-bond donors (Lipinski definition) is 2. The molecule has 6 heteroatoms.